The van der Waals surface area contributed by atoms with Gasteiger partial charge in [0.05, 0.1) is 6.54 Å². The number of nitrogens with zero attached hydrogens (tertiary/aromatic N) is 1. The molecule has 1 aromatic carbocycles. The lowest BCUT2D eigenvalue weighted by Crippen LogP contribution is -2.42. The minimum atomic E-state index is -0.197. The molecule has 0 fully saturated rings. The van der Waals surface area contributed by atoms with E-state index in [9.17, 15) is 9.59 Å². The third kappa shape index (κ3) is 5.42. The van der Waals surface area contributed by atoms with Gasteiger partial charge in [-0.15, -0.1) is 0 Å². The van der Waals surface area contributed by atoms with Gasteiger partial charge < -0.3 is 15.0 Å². The average molecular weight is 264 g/mol. The molecule has 0 bridgehead atoms. The first-order chi connectivity index (χ1) is 9.17. The molecule has 0 aromatic heterocycles. The van der Waals surface area contributed by atoms with Gasteiger partial charge >= 0.3 is 0 Å². The van der Waals surface area contributed by atoms with Gasteiger partial charge in [-0.05, 0) is 26.0 Å². The highest BCUT2D eigenvalue weighted by molar-refractivity contribution is 5.85. The number of para-hydroxylation sites is 1. The van der Waals surface area contributed by atoms with Crippen LogP contribution in [0.1, 0.15) is 13.8 Å². The molecule has 0 radical (unpaired) electrons. The minimum Gasteiger partial charge on any atom is -0.484 e. The zero-order valence-electron chi connectivity index (χ0n) is 11.4. The van der Waals surface area contributed by atoms with Crippen LogP contribution in [0.4, 0.5) is 0 Å². The maximum atomic E-state index is 11.9. The average Bonchev–Trinajstić information content (AvgIpc) is 2.43. The molecule has 1 aromatic rings. The maximum Gasteiger partial charge on any atom is 0.260 e. The topological polar surface area (TPSA) is 58.6 Å². The molecule has 0 aliphatic heterocycles. The van der Waals surface area contributed by atoms with Gasteiger partial charge in [-0.3, -0.25) is 9.59 Å². The summed E-state index contributed by atoms with van der Waals surface area (Å²) in [6.07, 6.45) is 0. The first-order valence-electron chi connectivity index (χ1n) is 6.39. The highest BCUT2D eigenvalue weighted by Crippen LogP contribution is 2.08. The van der Waals surface area contributed by atoms with Gasteiger partial charge in [0.25, 0.3) is 5.91 Å². The highest BCUT2D eigenvalue weighted by atomic mass is 16.5. The minimum absolute atomic E-state index is 0.0583. The van der Waals surface area contributed by atoms with Gasteiger partial charge in [0.1, 0.15) is 5.75 Å². The number of carbonyl (C=O) groups excluding carboxylic acids is 2. The summed E-state index contributed by atoms with van der Waals surface area (Å²) < 4.78 is 5.37. The number of ether oxygens (including phenoxy) is 1. The summed E-state index contributed by atoms with van der Waals surface area (Å²) >= 11 is 0. The van der Waals surface area contributed by atoms with Gasteiger partial charge in [-0.25, -0.2) is 0 Å². The Morgan fingerprint density at radius 1 is 1.21 bits per heavy atom. The molecule has 0 atom stereocenters. The summed E-state index contributed by atoms with van der Waals surface area (Å²) in [7, 11) is 0. The fraction of sp³-hybridized carbons (Fsp3) is 0.429. The number of amides is 2. The molecule has 2 amide bonds. The Labute approximate surface area is 113 Å². The number of hydrogen-bond acceptors (Lipinski definition) is 3. The number of likely N-dealkylation sites (N-methyl/N-ethyl adjacent to an activating group) is 2. The van der Waals surface area contributed by atoms with Gasteiger partial charge in [0, 0.05) is 13.1 Å². The van der Waals surface area contributed by atoms with E-state index in [4.69, 9.17) is 4.74 Å². The predicted molar refractivity (Wildman–Crippen MR) is 72.9 cm³/mol. The Morgan fingerprint density at radius 2 is 1.89 bits per heavy atom. The number of benzene rings is 1. The number of nitrogens with one attached hydrogen (secondary N) is 1. The van der Waals surface area contributed by atoms with Crippen molar-refractivity contribution in [2.75, 3.05) is 26.2 Å². The Balaban J connectivity index is 2.43. The Morgan fingerprint density at radius 3 is 2.47 bits per heavy atom. The molecule has 5 heteroatoms. The van der Waals surface area contributed by atoms with Gasteiger partial charge in [-0.1, -0.05) is 18.2 Å². The third-order valence-corrected chi connectivity index (χ3v) is 2.55. The molecule has 0 aliphatic rings. The number of carbonyl (C=O) groups is 2. The second-order valence-corrected chi connectivity index (χ2v) is 3.96. The summed E-state index contributed by atoms with van der Waals surface area (Å²) in [5, 5.41) is 2.67. The summed E-state index contributed by atoms with van der Waals surface area (Å²) in [5.74, 6) is 0.292. The van der Waals surface area contributed by atoms with Crippen LogP contribution < -0.4 is 10.1 Å². The van der Waals surface area contributed by atoms with Crippen molar-refractivity contribution in [3.05, 3.63) is 30.3 Å². The van der Waals surface area contributed by atoms with E-state index in [1.165, 1.54) is 4.90 Å². The van der Waals surface area contributed by atoms with Crippen LogP contribution in [0.3, 0.4) is 0 Å². The van der Waals surface area contributed by atoms with E-state index >= 15 is 0 Å². The van der Waals surface area contributed by atoms with E-state index in [1.807, 2.05) is 32.0 Å². The van der Waals surface area contributed by atoms with Crippen molar-refractivity contribution >= 4 is 11.8 Å². The normalized spacial score (nSPS) is 9.79. The number of rotatable bonds is 7. The van der Waals surface area contributed by atoms with Crippen molar-refractivity contribution < 1.29 is 14.3 Å². The first kappa shape index (κ1) is 15.0. The van der Waals surface area contributed by atoms with E-state index < -0.39 is 0 Å². The Bertz CT molecular complexity index is 406. The summed E-state index contributed by atoms with van der Waals surface area (Å²) in [4.78, 5) is 24.8. The zero-order valence-corrected chi connectivity index (χ0v) is 11.4. The van der Waals surface area contributed by atoms with Crippen LogP contribution in [-0.2, 0) is 9.59 Å². The standard InChI is InChI=1S/C14H20N2O3/c1-3-15-13(17)10-16(4-2)14(18)11-19-12-8-6-5-7-9-12/h5-9H,3-4,10-11H2,1-2H3,(H,15,17). The van der Waals surface area contributed by atoms with Crippen LogP contribution in [0.25, 0.3) is 0 Å². The third-order valence-electron chi connectivity index (χ3n) is 2.55. The molecule has 1 N–H and O–H groups in total. The van der Waals surface area contributed by atoms with Crippen molar-refractivity contribution in [1.29, 1.82) is 0 Å². The molecule has 0 spiro atoms. The second-order valence-electron chi connectivity index (χ2n) is 3.96. The van der Waals surface area contributed by atoms with Crippen molar-refractivity contribution in [3.8, 4) is 5.75 Å². The summed E-state index contributed by atoms with van der Waals surface area (Å²) in [5.41, 5.74) is 0. The van der Waals surface area contributed by atoms with E-state index in [-0.39, 0.29) is 25.0 Å². The van der Waals surface area contributed by atoms with Crippen molar-refractivity contribution in [3.63, 3.8) is 0 Å². The molecule has 0 unspecified atom stereocenters. The van der Waals surface area contributed by atoms with Crippen LogP contribution in [-0.4, -0.2) is 43.0 Å². The highest BCUT2D eigenvalue weighted by Gasteiger charge is 2.15. The lowest BCUT2D eigenvalue weighted by atomic mass is 10.3. The first-order valence-corrected chi connectivity index (χ1v) is 6.39. The molecule has 1 rings (SSSR count). The van der Waals surface area contributed by atoms with Crippen LogP contribution in [0, 0.1) is 0 Å². The van der Waals surface area contributed by atoms with E-state index in [2.05, 4.69) is 5.32 Å². The molecule has 0 saturated carbocycles. The van der Waals surface area contributed by atoms with Crippen molar-refractivity contribution in [1.82, 2.24) is 10.2 Å². The van der Waals surface area contributed by atoms with Gasteiger partial charge in [-0.2, -0.15) is 0 Å². The van der Waals surface area contributed by atoms with E-state index in [0.29, 0.717) is 18.8 Å². The zero-order chi connectivity index (χ0) is 14.1. The quantitative estimate of drug-likeness (QED) is 0.801. The Kier molecular flexibility index (Phi) is 6.43. The van der Waals surface area contributed by atoms with Crippen LogP contribution in [0.15, 0.2) is 30.3 Å². The molecule has 0 heterocycles. The smallest absolute Gasteiger partial charge is 0.260 e. The molecular weight excluding hydrogens is 244 g/mol. The summed E-state index contributed by atoms with van der Waals surface area (Å²) in [6, 6.07) is 9.13. The SMILES string of the molecule is CCNC(=O)CN(CC)C(=O)COc1ccccc1. The van der Waals surface area contributed by atoms with E-state index in [0.717, 1.165) is 0 Å². The van der Waals surface area contributed by atoms with Crippen molar-refractivity contribution in [2.24, 2.45) is 0 Å². The molecule has 19 heavy (non-hydrogen) atoms. The van der Waals surface area contributed by atoms with Crippen LogP contribution >= 0.6 is 0 Å². The fourth-order valence-electron chi connectivity index (χ4n) is 1.56. The monoisotopic (exact) mass is 264 g/mol. The lowest BCUT2D eigenvalue weighted by molar-refractivity contribution is -0.137. The molecule has 5 nitrogen and oxygen atoms in total. The summed E-state index contributed by atoms with van der Waals surface area (Å²) in [6.45, 7) is 4.73. The van der Waals surface area contributed by atoms with Gasteiger partial charge in [0.15, 0.2) is 6.61 Å². The fourth-order valence-corrected chi connectivity index (χ4v) is 1.56. The molecule has 104 valence electrons. The largest absolute Gasteiger partial charge is 0.484 e. The molecule has 0 aliphatic carbocycles. The second kappa shape index (κ2) is 8.13. The molecular formula is C14H20N2O3. The van der Waals surface area contributed by atoms with Gasteiger partial charge in [0.2, 0.25) is 5.91 Å². The van der Waals surface area contributed by atoms with Crippen LogP contribution in [0.5, 0.6) is 5.75 Å². The van der Waals surface area contributed by atoms with E-state index in [1.54, 1.807) is 12.1 Å². The molecule has 0 saturated heterocycles. The predicted octanol–water partition coefficient (Wildman–Crippen LogP) is 1.05. The maximum absolute atomic E-state index is 11.9. The Hall–Kier alpha value is -2.04. The lowest BCUT2D eigenvalue weighted by Gasteiger charge is -2.20. The number of hydrogen-bond donors (Lipinski definition) is 1. The van der Waals surface area contributed by atoms with Crippen LogP contribution in [0.2, 0.25) is 0 Å². The van der Waals surface area contributed by atoms with Crippen molar-refractivity contribution in [2.45, 2.75) is 13.8 Å².